The minimum Gasteiger partial charge on any atom is -0.360 e. The lowest BCUT2D eigenvalue weighted by atomic mass is 10.2. The molecule has 0 amide bonds. The van der Waals surface area contributed by atoms with Crippen LogP contribution in [0.4, 0.5) is 0 Å². The number of rotatable bonds is 2. The molecule has 16 heavy (non-hydrogen) atoms. The van der Waals surface area contributed by atoms with Crippen LogP contribution < -0.4 is 0 Å². The van der Waals surface area contributed by atoms with Gasteiger partial charge in [0, 0.05) is 22.0 Å². The molecule has 1 fully saturated rings. The first-order valence-corrected chi connectivity index (χ1v) is 7.20. The van der Waals surface area contributed by atoms with Crippen LogP contribution >= 0.6 is 10.7 Å². The van der Waals surface area contributed by atoms with Gasteiger partial charge < -0.3 is 4.52 Å². The SMILES string of the molecule is O=S(=O)(Cl)c1ccc2noc(C3CC3)c2c1. The van der Waals surface area contributed by atoms with Gasteiger partial charge in [-0.2, -0.15) is 0 Å². The minimum atomic E-state index is -3.69. The van der Waals surface area contributed by atoms with Gasteiger partial charge in [0.05, 0.1) is 4.90 Å². The first-order valence-electron chi connectivity index (χ1n) is 4.90. The summed E-state index contributed by atoms with van der Waals surface area (Å²) in [6.07, 6.45) is 2.14. The van der Waals surface area contributed by atoms with Gasteiger partial charge in [-0.3, -0.25) is 0 Å². The van der Waals surface area contributed by atoms with Gasteiger partial charge in [-0.15, -0.1) is 0 Å². The Morgan fingerprint density at radius 3 is 2.75 bits per heavy atom. The molecule has 0 spiro atoms. The lowest BCUT2D eigenvalue weighted by molar-refractivity contribution is 0.392. The van der Waals surface area contributed by atoms with E-state index in [-0.39, 0.29) is 4.90 Å². The van der Waals surface area contributed by atoms with Crippen LogP contribution in [0.5, 0.6) is 0 Å². The zero-order valence-electron chi connectivity index (χ0n) is 8.18. The summed E-state index contributed by atoms with van der Waals surface area (Å²) in [5, 5.41) is 4.64. The maximum atomic E-state index is 11.2. The monoisotopic (exact) mass is 257 g/mol. The number of fused-ring (bicyclic) bond motifs is 1. The third-order valence-electron chi connectivity index (χ3n) is 2.71. The molecule has 0 aliphatic heterocycles. The fraction of sp³-hybridized carbons (Fsp3) is 0.300. The molecule has 2 aromatic rings. The number of hydrogen-bond acceptors (Lipinski definition) is 4. The summed E-state index contributed by atoms with van der Waals surface area (Å²) < 4.78 is 27.6. The molecule has 84 valence electrons. The smallest absolute Gasteiger partial charge is 0.261 e. The van der Waals surface area contributed by atoms with Crippen LogP contribution in [0, 0.1) is 0 Å². The quantitative estimate of drug-likeness (QED) is 0.776. The maximum Gasteiger partial charge on any atom is 0.261 e. The molecular formula is C10H8ClNO3S. The Morgan fingerprint density at radius 1 is 1.38 bits per heavy atom. The van der Waals surface area contributed by atoms with Crippen molar-refractivity contribution in [3.05, 3.63) is 24.0 Å². The molecule has 0 atom stereocenters. The van der Waals surface area contributed by atoms with Crippen molar-refractivity contribution in [2.75, 3.05) is 0 Å². The van der Waals surface area contributed by atoms with Crippen LogP contribution in [0.15, 0.2) is 27.6 Å². The molecule has 1 saturated carbocycles. The minimum absolute atomic E-state index is 0.0896. The Bertz CT molecular complexity index is 658. The highest BCUT2D eigenvalue weighted by atomic mass is 35.7. The van der Waals surface area contributed by atoms with Crippen molar-refractivity contribution < 1.29 is 12.9 Å². The van der Waals surface area contributed by atoms with Crippen molar-refractivity contribution in [2.45, 2.75) is 23.7 Å². The van der Waals surface area contributed by atoms with Crippen LogP contribution in [0.3, 0.4) is 0 Å². The molecule has 1 aliphatic carbocycles. The van der Waals surface area contributed by atoms with Crippen LogP contribution in [0.2, 0.25) is 0 Å². The molecule has 0 bridgehead atoms. The van der Waals surface area contributed by atoms with Crippen molar-refractivity contribution in [1.82, 2.24) is 5.16 Å². The van der Waals surface area contributed by atoms with Crippen molar-refractivity contribution in [3.8, 4) is 0 Å². The van der Waals surface area contributed by atoms with Crippen LogP contribution in [-0.2, 0) is 9.05 Å². The summed E-state index contributed by atoms with van der Waals surface area (Å²) >= 11 is 0. The Labute approximate surface area is 96.6 Å². The van der Waals surface area contributed by atoms with E-state index in [1.165, 1.54) is 12.1 Å². The Hall–Kier alpha value is -1.07. The molecule has 3 rings (SSSR count). The predicted molar refractivity (Wildman–Crippen MR) is 59.0 cm³/mol. The average molecular weight is 258 g/mol. The number of halogens is 1. The summed E-state index contributed by atoms with van der Waals surface area (Å²) in [5.74, 6) is 1.16. The maximum absolute atomic E-state index is 11.2. The van der Waals surface area contributed by atoms with Crippen molar-refractivity contribution in [3.63, 3.8) is 0 Å². The lowest BCUT2D eigenvalue weighted by Crippen LogP contribution is -1.89. The van der Waals surface area contributed by atoms with Gasteiger partial charge in [-0.1, -0.05) is 5.16 Å². The molecule has 0 N–H and O–H groups in total. The first-order chi connectivity index (χ1) is 7.55. The number of aromatic nitrogens is 1. The van der Waals surface area contributed by atoms with Crippen LogP contribution in [0.25, 0.3) is 10.9 Å². The standard InChI is InChI=1S/C10H8ClNO3S/c11-16(13,14)7-3-4-9-8(5-7)10(15-12-9)6-1-2-6/h3-6H,1-2H2. The molecule has 4 nitrogen and oxygen atoms in total. The summed E-state index contributed by atoms with van der Waals surface area (Å²) in [6.45, 7) is 0. The second-order valence-electron chi connectivity index (χ2n) is 3.94. The number of benzene rings is 1. The first kappa shape index (κ1) is 10.1. The van der Waals surface area contributed by atoms with E-state index in [2.05, 4.69) is 5.16 Å². The summed E-state index contributed by atoms with van der Waals surface area (Å²) in [5.41, 5.74) is 0.672. The molecule has 0 unspecified atom stereocenters. The topological polar surface area (TPSA) is 60.2 Å². The van der Waals surface area contributed by atoms with E-state index in [0.717, 1.165) is 24.0 Å². The van der Waals surface area contributed by atoms with E-state index in [1.54, 1.807) is 6.07 Å². The molecule has 1 aromatic heterocycles. The molecular weight excluding hydrogens is 250 g/mol. The zero-order valence-corrected chi connectivity index (χ0v) is 9.75. The van der Waals surface area contributed by atoms with E-state index in [4.69, 9.17) is 15.2 Å². The second-order valence-corrected chi connectivity index (χ2v) is 6.50. The van der Waals surface area contributed by atoms with Gasteiger partial charge in [0.1, 0.15) is 11.3 Å². The predicted octanol–water partition coefficient (Wildman–Crippen LogP) is 2.63. The molecule has 6 heteroatoms. The van der Waals surface area contributed by atoms with Gasteiger partial charge in [-0.25, -0.2) is 8.42 Å². The third kappa shape index (κ3) is 1.60. The van der Waals surface area contributed by atoms with Gasteiger partial charge >= 0.3 is 0 Å². The average Bonchev–Trinajstić information content (AvgIpc) is 2.96. The summed E-state index contributed by atoms with van der Waals surface area (Å²) in [4.78, 5) is 0.0896. The molecule has 0 saturated heterocycles. The number of nitrogens with zero attached hydrogens (tertiary/aromatic N) is 1. The summed E-state index contributed by atoms with van der Waals surface area (Å²) in [6, 6.07) is 4.58. The van der Waals surface area contributed by atoms with Gasteiger partial charge in [0.2, 0.25) is 0 Å². The van der Waals surface area contributed by atoms with E-state index >= 15 is 0 Å². The van der Waals surface area contributed by atoms with Crippen LogP contribution in [0.1, 0.15) is 24.5 Å². The van der Waals surface area contributed by atoms with E-state index in [1.807, 2.05) is 0 Å². The highest BCUT2D eigenvalue weighted by Gasteiger charge is 2.30. The van der Waals surface area contributed by atoms with Gasteiger partial charge in [0.15, 0.2) is 0 Å². The van der Waals surface area contributed by atoms with Crippen molar-refractivity contribution in [2.24, 2.45) is 0 Å². The molecule has 1 aromatic carbocycles. The zero-order chi connectivity index (χ0) is 11.3. The highest BCUT2D eigenvalue weighted by molar-refractivity contribution is 8.13. The third-order valence-corrected chi connectivity index (χ3v) is 4.06. The lowest BCUT2D eigenvalue weighted by Gasteiger charge is -1.96. The Kier molecular flexibility index (Phi) is 2.03. The Morgan fingerprint density at radius 2 is 2.12 bits per heavy atom. The highest BCUT2D eigenvalue weighted by Crippen LogP contribution is 2.43. The van der Waals surface area contributed by atoms with E-state index < -0.39 is 9.05 Å². The van der Waals surface area contributed by atoms with E-state index in [9.17, 15) is 8.42 Å². The number of hydrogen-bond donors (Lipinski definition) is 0. The Balaban J connectivity index is 2.25. The van der Waals surface area contributed by atoms with Gasteiger partial charge in [0.25, 0.3) is 9.05 Å². The normalized spacial score (nSPS) is 16.8. The fourth-order valence-electron chi connectivity index (χ4n) is 1.73. The van der Waals surface area contributed by atoms with E-state index in [0.29, 0.717) is 11.4 Å². The van der Waals surface area contributed by atoms with Crippen LogP contribution in [-0.4, -0.2) is 13.6 Å². The molecule has 1 aliphatic rings. The second kappa shape index (κ2) is 3.21. The van der Waals surface area contributed by atoms with Gasteiger partial charge in [-0.05, 0) is 31.0 Å². The van der Waals surface area contributed by atoms with Crippen molar-refractivity contribution in [1.29, 1.82) is 0 Å². The largest absolute Gasteiger partial charge is 0.360 e. The fourth-order valence-corrected chi connectivity index (χ4v) is 2.51. The van der Waals surface area contributed by atoms with Crippen molar-refractivity contribution >= 4 is 30.6 Å². The molecule has 1 heterocycles. The summed E-state index contributed by atoms with van der Waals surface area (Å²) in [7, 11) is 1.60. The molecule has 0 radical (unpaired) electrons.